The molecule has 0 aromatic carbocycles. The maximum Gasteiger partial charge on any atom is 0.0462 e. The molecule has 114 valence electrons. The molecule has 1 N–H and O–H groups in total. The Kier molecular flexibility index (Phi) is 7.33. The highest BCUT2D eigenvalue weighted by Gasteiger charge is 2.32. The summed E-state index contributed by atoms with van der Waals surface area (Å²) in [6, 6.07) is 1.34. The van der Waals surface area contributed by atoms with E-state index in [0.717, 1.165) is 19.2 Å². The Hall–Kier alpha value is -0.120. The molecule has 0 aliphatic carbocycles. The van der Waals surface area contributed by atoms with E-state index >= 15 is 0 Å². The summed E-state index contributed by atoms with van der Waals surface area (Å²) in [6.07, 6.45) is 5.04. The predicted octanol–water partition coefficient (Wildman–Crippen LogP) is 2.90. The number of hydrogen-bond acceptors (Lipinski definition) is 3. The molecule has 0 radical (unpaired) electrons. The normalized spacial score (nSPS) is 25.7. The molecular weight excluding hydrogens is 236 g/mol. The Balaban J connectivity index is 2.37. The summed E-state index contributed by atoms with van der Waals surface area (Å²) < 4.78 is 5.11. The first-order valence-electron chi connectivity index (χ1n) is 7.95. The first-order valence-corrected chi connectivity index (χ1v) is 7.95. The van der Waals surface area contributed by atoms with Crippen molar-refractivity contribution in [3.8, 4) is 0 Å². The van der Waals surface area contributed by atoms with E-state index in [9.17, 15) is 0 Å². The minimum Gasteiger partial charge on any atom is -0.385 e. The van der Waals surface area contributed by atoms with Crippen molar-refractivity contribution in [2.45, 2.75) is 65.5 Å². The Morgan fingerprint density at radius 1 is 1.21 bits per heavy atom. The summed E-state index contributed by atoms with van der Waals surface area (Å²) in [7, 11) is 1.79. The second kappa shape index (κ2) is 8.23. The number of ether oxygens (including phenoxy) is 1. The van der Waals surface area contributed by atoms with E-state index in [4.69, 9.17) is 4.74 Å². The smallest absolute Gasteiger partial charge is 0.0462 e. The van der Waals surface area contributed by atoms with Crippen LogP contribution in [0.1, 0.15) is 53.4 Å². The van der Waals surface area contributed by atoms with E-state index in [0.29, 0.717) is 11.5 Å². The second-order valence-electron chi connectivity index (χ2n) is 6.94. The lowest BCUT2D eigenvalue weighted by molar-refractivity contribution is 0.0813. The van der Waals surface area contributed by atoms with E-state index < -0.39 is 0 Å². The van der Waals surface area contributed by atoms with Gasteiger partial charge in [-0.1, -0.05) is 27.7 Å². The largest absolute Gasteiger partial charge is 0.385 e. The van der Waals surface area contributed by atoms with Crippen molar-refractivity contribution in [2.75, 3.05) is 33.4 Å². The van der Waals surface area contributed by atoms with Crippen LogP contribution < -0.4 is 5.32 Å². The molecule has 0 aromatic heterocycles. The van der Waals surface area contributed by atoms with Crippen molar-refractivity contribution in [3.05, 3.63) is 0 Å². The number of nitrogens with one attached hydrogen (secondary N) is 1. The lowest BCUT2D eigenvalue weighted by atomic mass is 9.84. The minimum atomic E-state index is 0.354. The van der Waals surface area contributed by atoms with Gasteiger partial charge in [0.15, 0.2) is 0 Å². The number of piperazine rings is 1. The molecule has 3 heteroatoms. The molecule has 0 bridgehead atoms. The number of methoxy groups -OCH3 is 1. The van der Waals surface area contributed by atoms with Gasteiger partial charge < -0.3 is 10.1 Å². The molecule has 1 aliphatic rings. The lowest BCUT2D eigenvalue weighted by Crippen LogP contribution is -2.60. The van der Waals surface area contributed by atoms with Crippen LogP contribution in [0.2, 0.25) is 0 Å². The number of unbranched alkanes of at least 4 members (excludes halogenated alkanes) is 2. The van der Waals surface area contributed by atoms with Crippen LogP contribution in [0, 0.1) is 5.41 Å². The molecule has 1 rings (SSSR count). The monoisotopic (exact) mass is 270 g/mol. The highest BCUT2D eigenvalue weighted by Crippen LogP contribution is 2.24. The van der Waals surface area contributed by atoms with Gasteiger partial charge in [0.25, 0.3) is 0 Å². The minimum absolute atomic E-state index is 0.354. The first kappa shape index (κ1) is 16.9. The van der Waals surface area contributed by atoms with Gasteiger partial charge in [-0.3, -0.25) is 4.90 Å². The molecule has 2 atom stereocenters. The molecular formula is C16H34N2O. The molecule has 1 heterocycles. The summed E-state index contributed by atoms with van der Waals surface area (Å²) >= 11 is 0. The van der Waals surface area contributed by atoms with Gasteiger partial charge in [-0.25, -0.2) is 0 Å². The number of nitrogens with zero attached hydrogens (tertiary/aromatic N) is 1. The van der Waals surface area contributed by atoms with Crippen molar-refractivity contribution >= 4 is 0 Å². The predicted molar refractivity (Wildman–Crippen MR) is 82.6 cm³/mol. The topological polar surface area (TPSA) is 24.5 Å². The summed E-state index contributed by atoms with van der Waals surface area (Å²) in [4.78, 5) is 2.71. The molecule has 1 saturated heterocycles. The summed E-state index contributed by atoms with van der Waals surface area (Å²) in [5.41, 5.74) is 0.354. The standard InChI is InChI=1S/C16H34N2O/c1-6-14-12-17-15(16(2,3)4)13-18(14)10-8-7-9-11-19-5/h14-15,17H,6-13H2,1-5H3. The fourth-order valence-corrected chi connectivity index (χ4v) is 2.85. The quantitative estimate of drug-likeness (QED) is 0.720. The Morgan fingerprint density at radius 2 is 1.95 bits per heavy atom. The molecule has 1 aliphatic heterocycles. The van der Waals surface area contributed by atoms with Gasteiger partial charge in [-0.05, 0) is 37.6 Å². The SMILES string of the molecule is CCC1CNC(C(C)(C)C)CN1CCCCCOC. The summed E-state index contributed by atoms with van der Waals surface area (Å²) in [5.74, 6) is 0. The molecule has 3 nitrogen and oxygen atoms in total. The molecule has 0 amide bonds. The van der Waals surface area contributed by atoms with Crippen molar-refractivity contribution in [2.24, 2.45) is 5.41 Å². The zero-order chi connectivity index (χ0) is 14.3. The molecule has 0 spiro atoms. The Labute approximate surface area is 120 Å². The van der Waals surface area contributed by atoms with Gasteiger partial charge in [0.1, 0.15) is 0 Å². The van der Waals surface area contributed by atoms with Gasteiger partial charge >= 0.3 is 0 Å². The van der Waals surface area contributed by atoms with Gasteiger partial charge in [-0.2, -0.15) is 0 Å². The van der Waals surface area contributed by atoms with Crippen molar-refractivity contribution < 1.29 is 4.74 Å². The van der Waals surface area contributed by atoms with Crippen molar-refractivity contribution in [1.82, 2.24) is 10.2 Å². The van der Waals surface area contributed by atoms with Crippen LogP contribution in [-0.2, 0) is 4.74 Å². The third-order valence-corrected chi connectivity index (χ3v) is 4.34. The van der Waals surface area contributed by atoms with Crippen molar-refractivity contribution in [1.29, 1.82) is 0 Å². The lowest BCUT2D eigenvalue weighted by Gasteiger charge is -2.45. The van der Waals surface area contributed by atoms with Crippen LogP contribution in [0.15, 0.2) is 0 Å². The van der Waals surface area contributed by atoms with Crippen LogP contribution in [0.25, 0.3) is 0 Å². The van der Waals surface area contributed by atoms with E-state index in [1.807, 2.05) is 0 Å². The maximum absolute atomic E-state index is 5.11. The second-order valence-corrected chi connectivity index (χ2v) is 6.94. The highest BCUT2D eigenvalue weighted by atomic mass is 16.5. The number of rotatable bonds is 7. The molecule has 0 saturated carbocycles. The average Bonchev–Trinajstić information content (AvgIpc) is 2.37. The van der Waals surface area contributed by atoms with Gasteiger partial charge in [0.05, 0.1) is 0 Å². The van der Waals surface area contributed by atoms with Crippen LogP contribution >= 0.6 is 0 Å². The molecule has 19 heavy (non-hydrogen) atoms. The zero-order valence-electron chi connectivity index (χ0n) is 13.7. The van der Waals surface area contributed by atoms with Crippen LogP contribution in [-0.4, -0.2) is 50.3 Å². The average molecular weight is 270 g/mol. The van der Waals surface area contributed by atoms with Crippen molar-refractivity contribution in [3.63, 3.8) is 0 Å². The molecule has 1 fully saturated rings. The molecule has 2 unspecified atom stereocenters. The third-order valence-electron chi connectivity index (χ3n) is 4.34. The first-order chi connectivity index (χ1) is 8.99. The molecule has 0 aromatic rings. The Bertz CT molecular complexity index is 237. The van der Waals surface area contributed by atoms with E-state index in [1.165, 1.54) is 38.8 Å². The fraction of sp³-hybridized carbons (Fsp3) is 1.00. The number of hydrogen-bond donors (Lipinski definition) is 1. The van der Waals surface area contributed by atoms with E-state index in [2.05, 4.69) is 37.9 Å². The fourth-order valence-electron chi connectivity index (χ4n) is 2.85. The Morgan fingerprint density at radius 3 is 2.53 bits per heavy atom. The van der Waals surface area contributed by atoms with Gasteiger partial charge in [0.2, 0.25) is 0 Å². The summed E-state index contributed by atoms with van der Waals surface area (Å²) in [5, 5.41) is 3.74. The highest BCUT2D eigenvalue weighted by molar-refractivity contribution is 4.91. The van der Waals surface area contributed by atoms with Crippen LogP contribution in [0.3, 0.4) is 0 Å². The van der Waals surface area contributed by atoms with Gasteiger partial charge in [0, 0.05) is 38.9 Å². The van der Waals surface area contributed by atoms with Crippen LogP contribution in [0.5, 0.6) is 0 Å². The summed E-state index contributed by atoms with van der Waals surface area (Å²) in [6.45, 7) is 13.8. The maximum atomic E-state index is 5.11. The van der Waals surface area contributed by atoms with Gasteiger partial charge in [-0.15, -0.1) is 0 Å². The van der Waals surface area contributed by atoms with E-state index in [1.54, 1.807) is 7.11 Å². The van der Waals surface area contributed by atoms with Crippen LogP contribution in [0.4, 0.5) is 0 Å². The zero-order valence-corrected chi connectivity index (χ0v) is 13.7. The van der Waals surface area contributed by atoms with E-state index in [-0.39, 0.29) is 0 Å². The third kappa shape index (κ3) is 5.80.